The van der Waals surface area contributed by atoms with Gasteiger partial charge in [-0.2, -0.15) is 0 Å². The molecule has 0 amide bonds. The molecule has 0 heterocycles. The summed E-state index contributed by atoms with van der Waals surface area (Å²) < 4.78 is 14.1. The number of hydrogen-bond acceptors (Lipinski definition) is 2. The van der Waals surface area contributed by atoms with Gasteiger partial charge >= 0.3 is 0 Å². The molecule has 0 N–H and O–H groups in total. The maximum absolute atomic E-state index is 12.4. The highest BCUT2D eigenvalue weighted by atomic mass is 32.2. The predicted molar refractivity (Wildman–Crippen MR) is 85.4 cm³/mol. The minimum Gasteiger partial charge on any atom is -0.597 e. The summed E-state index contributed by atoms with van der Waals surface area (Å²) in [6.45, 7) is 17.0. The van der Waals surface area contributed by atoms with E-state index in [0.29, 0.717) is 5.92 Å². The van der Waals surface area contributed by atoms with Crippen molar-refractivity contribution < 1.29 is 4.55 Å². The minimum atomic E-state index is -1.38. The van der Waals surface area contributed by atoms with Gasteiger partial charge in [0.2, 0.25) is 0 Å². The van der Waals surface area contributed by atoms with Crippen molar-refractivity contribution in [1.29, 1.82) is 0 Å². The van der Waals surface area contributed by atoms with E-state index in [2.05, 4.69) is 45.0 Å². The van der Waals surface area contributed by atoms with Crippen LogP contribution in [-0.4, -0.2) is 34.8 Å². The maximum atomic E-state index is 12.4. The van der Waals surface area contributed by atoms with Gasteiger partial charge in [-0.25, -0.2) is 0 Å². The predicted octanol–water partition coefficient (Wildman–Crippen LogP) is 3.29. The largest absolute Gasteiger partial charge is 0.597 e. The van der Waals surface area contributed by atoms with Crippen molar-refractivity contribution >= 4 is 19.4 Å². The molecule has 0 rings (SSSR count). The fraction of sp³-hybridized carbons (Fsp3) is 0.857. The second-order valence-corrected chi connectivity index (χ2v) is 14.2. The molecule has 0 spiro atoms. The molecule has 0 aromatic rings. The molecule has 1 unspecified atom stereocenters. The number of hydrogen-bond donors (Lipinski definition) is 0. The van der Waals surface area contributed by atoms with Crippen molar-refractivity contribution in [3.05, 3.63) is 0 Å². The molecule has 0 aliphatic rings. The topological polar surface area (TPSA) is 26.3 Å². The van der Waals surface area contributed by atoms with E-state index in [1.54, 1.807) is 0 Å². The molecule has 0 saturated carbocycles. The van der Waals surface area contributed by atoms with Crippen molar-refractivity contribution in [3.63, 3.8) is 0 Å². The number of rotatable bonds is 3. The van der Waals surface area contributed by atoms with E-state index in [0.717, 1.165) is 0 Å². The molecule has 0 bridgehead atoms. The minimum absolute atomic E-state index is 0.0665. The highest BCUT2D eigenvalue weighted by Gasteiger charge is 2.35. The lowest BCUT2D eigenvalue weighted by Gasteiger charge is -2.34. The first kappa shape index (κ1) is 18.0. The quantitative estimate of drug-likeness (QED) is 0.452. The van der Waals surface area contributed by atoms with Crippen LogP contribution in [0, 0.1) is 17.4 Å². The van der Waals surface area contributed by atoms with Crippen LogP contribution < -0.4 is 0 Å². The van der Waals surface area contributed by atoms with Crippen LogP contribution in [0.3, 0.4) is 0 Å². The summed E-state index contributed by atoms with van der Waals surface area (Å²) in [6.07, 6.45) is 0. The van der Waals surface area contributed by atoms with Crippen molar-refractivity contribution in [2.45, 2.75) is 65.0 Å². The lowest BCUT2D eigenvalue weighted by Crippen LogP contribution is -2.47. The van der Waals surface area contributed by atoms with E-state index < -0.39 is 19.4 Å². The zero-order chi connectivity index (χ0) is 14.7. The van der Waals surface area contributed by atoms with E-state index >= 15 is 0 Å². The van der Waals surface area contributed by atoms with Crippen LogP contribution in [0.1, 0.15) is 34.6 Å². The number of nitrogens with zero attached hydrogens (tertiary/aromatic N) is 1. The molecule has 2 atom stereocenters. The highest BCUT2D eigenvalue weighted by molar-refractivity contribution is 7.90. The Morgan fingerprint density at radius 3 is 1.89 bits per heavy atom. The maximum Gasteiger partial charge on any atom is 0.137 e. The summed E-state index contributed by atoms with van der Waals surface area (Å²) in [5, 5.41) is 0. The van der Waals surface area contributed by atoms with Gasteiger partial charge in [0.1, 0.15) is 18.9 Å². The van der Waals surface area contributed by atoms with Gasteiger partial charge in [-0.15, -0.1) is 9.85 Å². The monoisotopic (exact) mass is 287 g/mol. The summed E-state index contributed by atoms with van der Waals surface area (Å²) in [5.41, 5.74) is 3.40. The van der Waals surface area contributed by atoms with E-state index in [-0.39, 0.29) is 10.8 Å². The third-order valence-corrected chi connectivity index (χ3v) is 5.10. The highest BCUT2D eigenvalue weighted by Crippen LogP contribution is 2.23. The van der Waals surface area contributed by atoms with Crippen LogP contribution in [0.5, 0.6) is 0 Å². The third-order valence-electron chi connectivity index (χ3n) is 2.40. The second kappa shape index (κ2) is 6.47. The molecule has 0 aliphatic heterocycles. The molecule has 0 aliphatic carbocycles. The van der Waals surface area contributed by atoms with Crippen molar-refractivity contribution in [2.75, 3.05) is 7.05 Å². The Kier molecular flexibility index (Phi) is 6.49. The first-order valence-electron chi connectivity index (χ1n) is 6.54. The molecule has 2 nitrogen and oxygen atoms in total. The van der Waals surface area contributed by atoms with Crippen LogP contribution in [0.2, 0.25) is 19.6 Å². The molecule has 0 aromatic carbocycles. The molecule has 0 aromatic heterocycles. The molecule has 106 valence electrons. The van der Waals surface area contributed by atoms with Crippen LogP contribution in [0.4, 0.5) is 0 Å². The first-order valence-corrected chi connectivity index (χ1v) is 11.1. The third kappa shape index (κ3) is 6.28. The van der Waals surface area contributed by atoms with Crippen molar-refractivity contribution in [1.82, 2.24) is 4.31 Å². The van der Waals surface area contributed by atoms with E-state index in [1.165, 1.54) is 0 Å². The smallest absolute Gasteiger partial charge is 0.137 e. The average molecular weight is 288 g/mol. The average Bonchev–Trinajstić information content (AvgIpc) is 2.12. The zero-order valence-corrected chi connectivity index (χ0v) is 15.2. The first-order chi connectivity index (χ1) is 7.86. The Bertz CT molecular complexity index is 319. The van der Waals surface area contributed by atoms with E-state index in [4.69, 9.17) is 0 Å². The summed E-state index contributed by atoms with van der Waals surface area (Å²) in [6, 6.07) is 0.0665. The fourth-order valence-electron chi connectivity index (χ4n) is 1.50. The SMILES string of the molecule is CC(C)[C@@H](C#C[Si](C)(C)C)N(C)[S+]([O-])C(C)(C)C. The summed E-state index contributed by atoms with van der Waals surface area (Å²) in [5.74, 6) is 3.74. The molecule has 0 fully saturated rings. The van der Waals surface area contributed by atoms with Crippen molar-refractivity contribution in [2.24, 2.45) is 5.92 Å². The zero-order valence-electron chi connectivity index (χ0n) is 13.4. The van der Waals surface area contributed by atoms with Gasteiger partial charge in [0.05, 0.1) is 0 Å². The summed E-state index contributed by atoms with van der Waals surface area (Å²) in [4.78, 5) is 0. The standard InChI is InChI=1S/C14H29NOSSi/c1-12(2)13(10-11-18(7,8)9)15(6)17(16)14(3,4)5/h12-13H,1-9H3/t13-,17?/m1/s1. The molecule has 0 saturated heterocycles. The summed E-state index contributed by atoms with van der Waals surface area (Å²) >= 11 is -1.01. The lowest BCUT2D eigenvalue weighted by atomic mass is 10.1. The fourth-order valence-corrected chi connectivity index (χ4v) is 3.45. The van der Waals surface area contributed by atoms with Gasteiger partial charge in [-0.1, -0.05) is 39.4 Å². The molecule has 18 heavy (non-hydrogen) atoms. The van der Waals surface area contributed by atoms with Gasteiger partial charge in [0, 0.05) is 18.4 Å². The van der Waals surface area contributed by atoms with Gasteiger partial charge in [-0.05, 0) is 26.7 Å². The van der Waals surface area contributed by atoms with Gasteiger partial charge in [-0.3, -0.25) is 0 Å². The van der Waals surface area contributed by atoms with Crippen LogP contribution in [-0.2, 0) is 11.4 Å². The van der Waals surface area contributed by atoms with Crippen LogP contribution in [0.15, 0.2) is 0 Å². The Balaban J connectivity index is 5.08. The van der Waals surface area contributed by atoms with E-state index in [1.807, 2.05) is 32.1 Å². The Morgan fingerprint density at radius 1 is 1.17 bits per heavy atom. The van der Waals surface area contributed by atoms with Crippen molar-refractivity contribution in [3.8, 4) is 11.5 Å². The van der Waals surface area contributed by atoms with Gasteiger partial charge in [0.15, 0.2) is 0 Å². The molecule has 4 heteroatoms. The Morgan fingerprint density at radius 2 is 1.61 bits per heavy atom. The Hall–Kier alpha value is 0.0469. The molecular formula is C14H29NOSSi. The molecular weight excluding hydrogens is 258 g/mol. The van der Waals surface area contributed by atoms with Crippen LogP contribution in [0.25, 0.3) is 0 Å². The van der Waals surface area contributed by atoms with Crippen LogP contribution >= 0.6 is 0 Å². The second-order valence-electron chi connectivity index (χ2n) is 7.12. The van der Waals surface area contributed by atoms with Gasteiger partial charge < -0.3 is 4.55 Å². The molecule has 0 radical (unpaired) electrons. The normalized spacial score (nSPS) is 16.4. The Labute approximate surface area is 118 Å². The van der Waals surface area contributed by atoms with Gasteiger partial charge in [0.25, 0.3) is 0 Å². The summed E-state index contributed by atoms with van der Waals surface area (Å²) in [7, 11) is 0.542. The lowest BCUT2D eigenvalue weighted by molar-refractivity contribution is 0.345. The van der Waals surface area contributed by atoms with E-state index in [9.17, 15) is 4.55 Å².